The highest BCUT2D eigenvalue weighted by molar-refractivity contribution is 6.31. The van der Waals surface area contributed by atoms with E-state index < -0.39 is 29.6 Å². The van der Waals surface area contributed by atoms with Crippen LogP contribution in [0.1, 0.15) is 44.8 Å². The molecule has 0 aliphatic heterocycles. The third-order valence-electron chi connectivity index (χ3n) is 4.60. The van der Waals surface area contributed by atoms with Crippen molar-refractivity contribution in [2.45, 2.75) is 19.6 Å². The number of rotatable bonds is 7. The van der Waals surface area contributed by atoms with Crippen LogP contribution in [-0.4, -0.2) is 17.0 Å². The van der Waals surface area contributed by atoms with E-state index in [4.69, 9.17) is 16.3 Å². The third kappa shape index (κ3) is 5.38. The van der Waals surface area contributed by atoms with Gasteiger partial charge in [-0.25, -0.2) is 13.6 Å². The predicted molar refractivity (Wildman–Crippen MR) is 111 cm³/mol. The molecule has 0 saturated carbocycles. The molecule has 0 aliphatic carbocycles. The molecule has 0 fully saturated rings. The van der Waals surface area contributed by atoms with Crippen LogP contribution in [0.15, 0.2) is 60.7 Å². The molecule has 0 aromatic heterocycles. The van der Waals surface area contributed by atoms with Gasteiger partial charge in [0, 0.05) is 22.2 Å². The van der Waals surface area contributed by atoms with Crippen molar-refractivity contribution in [3.63, 3.8) is 0 Å². The maximum absolute atomic E-state index is 13.8. The van der Waals surface area contributed by atoms with Crippen LogP contribution in [0.2, 0.25) is 5.02 Å². The number of aromatic carboxylic acids is 1. The zero-order valence-electron chi connectivity index (χ0n) is 16.4. The number of halogens is 3. The van der Waals surface area contributed by atoms with E-state index in [0.717, 1.165) is 18.2 Å². The van der Waals surface area contributed by atoms with Crippen molar-refractivity contribution < 1.29 is 28.2 Å². The zero-order valence-corrected chi connectivity index (χ0v) is 17.1. The Morgan fingerprint density at radius 3 is 2.55 bits per heavy atom. The smallest absolute Gasteiger partial charge is 0.336 e. The summed E-state index contributed by atoms with van der Waals surface area (Å²) in [4.78, 5) is 24.4. The Balaban J connectivity index is 1.82. The van der Waals surface area contributed by atoms with E-state index in [-0.39, 0.29) is 23.5 Å². The monoisotopic (exact) mass is 445 g/mol. The Bertz CT molecular complexity index is 1140. The average molecular weight is 446 g/mol. The van der Waals surface area contributed by atoms with E-state index in [1.165, 1.54) is 12.1 Å². The van der Waals surface area contributed by atoms with Gasteiger partial charge in [0.2, 0.25) is 0 Å². The minimum Gasteiger partial charge on any atom is -0.486 e. The van der Waals surface area contributed by atoms with Crippen molar-refractivity contribution in [1.29, 1.82) is 0 Å². The van der Waals surface area contributed by atoms with E-state index in [1.54, 1.807) is 37.3 Å². The van der Waals surface area contributed by atoms with Gasteiger partial charge >= 0.3 is 5.97 Å². The summed E-state index contributed by atoms with van der Waals surface area (Å²) in [5.41, 5.74) is 1.07. The normalized spacial score (nSPS) is 11.6. The van der Waals surface area contributed by atoms with E-state index in [1.807, 2.05) is 0 Å². The van der Waals surface area contributed by atoms with Crippen LogP contribution in [0, 0.1) is 11.6 Å². The lowest BCUT2D eigenvalue weighted by molar-refractivity contribution is 0.0693. The zero-order chi connectivity index (χ0) is 22.5. The topological polar surface area (TPSA) is 75.6 Å². The number of nitrogens with one attached hydrogen (secondary N) is 1. The second-order valence-electron chi connectivity index (χ2n) is 6.75. The Labute approximate surface area is 182 Å². The van der Waals surface area contributed by atoms with Crippen LogP contribution in [0.25, 0.3) is 0 Å². The van der Waals surface area contributed by atoms with Gasteiger partial charge in [-0.2, -0.15) is 0 Å². The van der Waals surface area contributed by atoms with Crippen molar-refractivity contribution in [1.82, 2.24) is 5.32 Å². The van der Waals surface area contributed by atoms with Crippen LogP contribution in [0.4, 0.5) is 8.78 Å². The van der Waals surface area contributed by atoms with E-state index in [9.17, 15) is 23.5 Å². The molecule has 5 nitrogen and oxygen atoms in total. The van der Waals surface area contributed by atoms with E-state index >= 15 is 0 Å². The van der Waals surface area contributed by atoms with Crippen LogP contribution >= 0.6 is 11.6 Å². The first-order chi connectivity index (χ1) is 14.8. The summed E-state index contributed by atoms with van der Waals surface area (Å²) in [7, 11) is 0. The lowest BCUT2D eigenvalue weighted by atomic mass is 10.0. The summed E-state index contributed by atoms with van der Waals surface area (Å²) in [6, 6.07) is 13.1. The maximum atomic E-state index is 13.8. The van der Waals surface area contributed by atoms with Crippen molar-refractivity contribution in [2.75, 3.05) is 0 Å². The fourth-order valence-electron chi connectivity index (χ4n) is 3.05. The van der Waals surface area contributed by atoms with Gasteiger partial charge in [0.15, 0.2) is 11.6 Å². The summed E-state index contributed by atoms with van der Waals surface area (Å²) >= 11 is 6.04. The molecule has 8 heteroatoms. The van der Waals surface area contributed by atoms with Crippen molar-refractivity contribution in [2.24, 2.45) is 0 Å². The van der Waals surface area contributed by atoms with Crippen molar-refractivity contribution in [3.05, 3.63) is 99.6 Å². The molecule has 2 N–H and O–H groups in total. The number of carbonyl (C=O) groups excluding carboxylic acids is 1. The number of carboxylic acids is 1. The number of ether oxygens (including phenoxy) is 1. The first-order valence-corrected chi connectivity index (χ1v) is 9.63. The number of hydrogen-bond donors (Lipinski definition) is 2. The minimum atomic E-state index is -1.11. The van der Waals surface area contributed by atoms with Gasteiger partial charge in [-0.1, -0.05) is 35.9 Å². The van der Waals surface area contributed by atoms with Gasteiger partial charge in [-0.05, 0) is 42.8 Å². The maximum Gasteiger partial charge on any atom is 0.336 e. The second-order valence-corrected chi connectivity index (χ2v) is 7.19. The summed E-state index contributed by atoms with van der Waals surface area (Å²) in [6.45, 7) is 1.45. The fraction of sp³-hybridized carbons (Fsp3) is 0.130. The second kappa shape index (κ2) is 9.57. The Kier molecular flexibility index (Phi) is 6.87. The molecule has 0 saturated heterocycles. The van der Waals surface area contributed by atoms with Gasteiger partial charge in [0.25, 0.3) is 5.91 Å². The molecule has 0 heterocycles. The van der Waals surface area contributed by atoms with Gasteiger partial charge in [0.1, 0.15) is 12.4 Å². The highest BCUT2D eigenvalue weighted by atomic mass is 35.5. The fourth-order valence-corrected chi connectivity index (χ4v) is 3.22. The van der Waals surface area contributed by atoms with E-state index in [2.05, 4.69) is 5.32 Å². The molecule has 1 amide bonds. The standard InChI is InChI=1S/C23H18ClF2NO4/c1-13(17-4-2-3-5-18(17)23(29)30)27-22(28)19-10-15(24)7-6-14(19)12-31-21-11-16(25)8-9-20(21)26/h2-11,13H,12H2,1H3,(H,27,28)(H,29,30)/t13-/m0/s1. The Morgan fingerprint density at radius 1 is 1.06 bits per heavy atom. The highest BCUT2D eigenvalue weighted by Crippen LogP contribution is 2.23. The molecule has 31 heavy (non-hydrogen) atoms. The van der Waals surface area contributed by atoms with Crippen LogP contribution in [0.3, 0.4) is 0 Å². The Hall–Kier alpha value is -3.45. The molecular formula is C23H18ClF2NO4. The third-order valence-corrected chi connectivity index (χ3v) is 4.83. The summed E-state index contributed by atoms with van der Waals surface area (Å²) in [5, 5.41) is 12.4. The molecule has 0 bridgehead atoms. The predicted octanol–water partition coefficient (Wildman–Crippen LogP) is 5.39. The number of hydrogen-bond acceptors (Lipinski definition) is 3. The molecule has 0 spiro atoms. The lowest BCUT2D eigenvalue weighted by Crippen LogP contribution is -2.29. The summed E-state index contributed by atoms with van der Waals surface area (Å²) in [6.07, 6.45) is 0. The molecule has 3 aromatic rings. The molecule has 3 aromatic carbocycles. The first kappa shape index (κ1) is 22.2. The van der Waals surface area contributed by atoms with Crippen LogP contribution in [0.5, 0.6) is 5.75 Å². The number of carboxylic acid groups (broad SMARTS) is 1. The van der Waals surface area contributed by atoms with Gasteiger partial charge in [-0.15, -0.1) is 0 Å². The summed E-state index contributed by atoms with van der Waals surface area (Å²) in [5.74, 6) is -3.30. The summed E-state index contributed by atoms with van der Waals surface area (Å²) < 4.78 is 32.5. The first-order valence-electron chi connectivity index (χ1n) is 9.25. The van der Waals surface area contributed by atoms with Gasteiger partial charge in [-0.3, -0.25) is 4.79 Å². The molecule has 0 unspecified atom stereocenters. The van der Waals surface area contributed by atoms with Crippen molar-refractivity contribution >= 4 is 23.5 Å². The molecule has 3 rings (SSSR count). The molecular weight excluding hydrogens is 428 g/mol. The van der Waals surface area contributed by atoms with Gasteiger partial charge < -0.3 is 15.2 Å². The molecule has 1 atom stereocenters. The lowest BCUT2D eigenvalue weighted by Gasteiger charge is -2.18. The quantitative estimate of drug-likeness (QED) is 0.511. The molecule has 0 aliphatic rings. The van der Waals surface area contributed by atoms with Crippen LogP contribution in [-0.2, 0) is 6.61 Å². The van der Waals surface area contributed by atoms with Crippen LogP contribution < -0.4 is 10.1 Å². The number of benzene rings is 3. The molecule has 160 valence electrons. The highest BCUT2D eigenvalue weighted by Gasteiger charge is 2.20. The average Bonchev–Trinajstić information content (AvgIpc) is 2.74. The Morgan fingerprint density at radius 2 is 1.81 bits per heavy atom. The largest absolute Gasteiger partial charge is 0.486 e. The number of carbonyl (C=O) groups is 2. The van der Waals surface area contributed by atoms with E-state index in [0.29, 0.717) is 16.1 Å². The minimum absolute atomic E-state index is 0.0755. The molecule has 0 radical (unpaired) electrons. The van der Waals surface area contributed by atoms with Gasteiger partial charge in [0.05, 0.1) is 11.6 Å². The van der Waals surface area contributed by atoms with Crippen molar-refractivity contribution in [3.8, 4) is 5.75 Å². The number of amides is 1. The SMILES string of the molecule is C[C@H](NC(=O)c1cc(Cl)ccc1COc1cc(F)ccc1F)c1ccccc1C(=O)O.